The highest BCUT2D eigenvalue weighted by atomic mass is 35.5. The first-order valence-corrected chi connectivity index (χ1v) is 17.0. The lowest BCUT2D eigenvalue weighted by atomic mass is 10.0. The molecule has 0 saturated heterocycles. The maximum absolute atomic E-state index is 14.6. The van der Waals surface area contributed by atoms with E-state index in [1.165, 1.54) is 17.0 Å². The number of unbranched alkanes of at least 4 members (excludes halogenated alkanes) is 1. The smallest absolute Gasteiger partial charge is 0.264 e. The zero-order valence-corrected chi connectivity index (χ0v) is 27.9. The van der Waals surface area contributed by atoms with Crippen molar-refractivity contribution in [2.45, 2.75) is 50.6 Å². The van der Waals surface area contributed by atoms with Gasteiger partial charge in [0.2, 0.25) is 11.8 Å². The fourth-order valence-electron chi connectivity index (χ4n) is 5.13. The van der Waals surface area contributed by atoms with Crippen molar-refractivity contribution in [1.82, 2.24) is 10.2 Å². The highest BCUT2D eigenvalue weighted by molar-refractivity contribution is 7.92. The number of halogens is 1. The Hall–Kier alpha value is -4.34. The summed E-state index contributed by atoms with van der Waals surface area (Å²) < 4.78 is 34.9. The van der Waals surface area contributed by atoms with E-state index >= 15 is 0 Å². The zero-order valence-electron chi connectivity index (χ0n) is 26.4. The van der Waals surface area contributed by atoms with Crippen molar-refractivity contribution >= 4 is 39.1 Å². The van der Waals surface area contributed by atoms with E-state index in [2.05, 4.69) is 5.32 Å². The van der Waals surface area contributed by atoms with Gasteiger partial charge in [-0.3, -0.25) is 13.9 Å². The van der Waals surface area contributed by atoms with E-state index in [0.717, 1.165) is 28.3 Å². The molecule has 0 spiro atoms. The van der Waals surface area contributed by atoms with Crippen LogP contribution in [0.4, 0.5) is 5.69 Å². The molecule has 4 aromatic carbocycles. The molecule has 0 fully saturated rings. The molecule has 0 aliphatic heterocycles. The van der Waals surface area contributed by atoms with E-state index in [9.17, 15) is 18.0 Å². The highest BCUT2D eigenvalue weighted by Gasteiger charge is 2.35. The van der Waals surface area contributed by atoms with Crippen LogP contribution in [0, 0.1) is 6.92 Å². The van der Waals surface area contributed by atoms with Gasteiger partial charge in [-0.2, -0.15) is 0 Å². The first-order chi connectivity index (χ1) is 22.1. The zero-order chi connectivity index (χ0) is 33.1. The number of rotatable bonds is 15. The van der Waals surface area contributed by atoms with E-state index in [0.29, 0.717) is 22.9 Å². The molecule has 4 rings (SSSR count). The number of nitrogens with one attached hydrogen (secondary N) is 1. The standard InChI is InChI=1S/C36H40ClN3O5S/c1-4-5-22-38-36(42)34(24-28-14-8-6-9-15-28)39(25-29-16-12-17-30(23-29)45-3)35(41)26-40(33-21-13-20-32(37)27(33)2)46(43,44)31-18-10-7-11-19-31/h6-21,23,34H,4-5,22,24-26H2,1-3H3,(H,38,42)/t34-/m1/s1. The number of sulfonamides is 1. The molecule has 2 amide bonds. The molecule has 0 heterocycles. The van der Waals surface area contributed by atoms with Crippen LogP contribution in [0.5, 0.6) is 5.75 Å². The highest BCUT2D eigenvalue weighted by Crippen LogP contribution is 2.31. The minimum absolute atomic E-state index is 0.0275. The number of anilines is 1. The minimum atomic E-state index is -4.22. The molecule has 0 aliphatic carbocycles. The van der Waals surface area contributed by atoms with E-state index in [1.54, 1.807) is 62.6 Å². The van der Waals surface area contributed by atoms with Crippen molar-refractivity contribution in [3.8, 4) is 5.75 Å². The first-order valence-electron chi connectivity index (χ1n) is 15.2. The van der Waals surface area contributed by atoms with Gasteiger partial charge in [-0.1, -0.05) is 91.7 Å². The third kappa shape index (κ3) is 8.68. The number of hydrogen-bond donors (Lipinski definition) is 1. The van der Waals surface area contributed by atoms with Crippen molar-refractivity contribution < 1.29 is 22.7 Å². The van der Waals surface area contributed by atoms with E-state index in [4.69, 9.17) is 16.3 Å². The lowest BCUT2D eigenvalue weighted by molar-refractivity contribution is -0.140. The van der Waals surface area contributed by atoms with Crippen molar-refractivity contribution in [2.75, 3.05) is 24.5 Å². The predicted octanol–water partition coefficient (Wildman–Crippen LogP) is 6.41. The second-order valence-corrected chi connectivity index (χ2v) is 13.2. The Kier molecular flexibility index (Phi) is 12.2. The maximum Gasteiger partial charge on any atom is 0.264 e. The molecule has 0 aromatic heterocycles. The molecule has 0 radical (unpaired) electrons. The number of hydrogen-bond acceptors (Lipinski definition) is 5. The molecule has 1 atom stereocenters. The molecular weight excluding hydrogens is 622 g/mol. The third-order valence-corrected chi connectivity index (χ3v) is 9.89. The van der Waals surface area contributed by atoms with Gasteiger partial charge >= 0.3 is 0 Å². The van der Waals surface area contributed by atoms with Crippen LogP contribution >= 0.6 is 11.6 Å². The Morgan fingerprint density at radius 3 is 2.22 bits per heavy atom. The van der Waals surface area contributed by atoms with Gasteiger partial charge in [0, 0.05) is 24.5 Å². The Morgan fingerprint density at radius 2 is 1.54 bits per heavy atom. The van der Waals surface area contributed by atoms with E-state index in [1.807, 2.05) is 49.4 Å². The minimum Gasteiger partial charge on any atom is -0.497 e. The van der Waals surface area contributed by atoms with Gasteiger partial charge in [-0.05, 0) is 66.4 Å². The average molecular weight is 662 g/mol. The van der Waals surface area contributed by atoms with Crippen LogP contribution in [0.25, 0.3) is 0 Å². The van der Waals surface area contributed by atoms with Crippen LogP contribution in [-0.4, -0.2) is 51.4 Å². The molecule has 4 aromatic rings. The van der Waals surface area contributed by atoms with Gasteiger partial charge < -0.3 is 15.0 Å². The van der Waals surface area contributed by atoms with E-state index < -0.39 is 28.5 Å². The lowest BCUT2D eigenvalue weighted by Gasteiger charge is -2.34. The molecule has 8 nitrogen and oxygen atoms in total. The molecule has 10 heteroatoms. The summed E-state index contributed by atoms with van der Waals surface area (Å²) >= 11 is 6.45. The van der Waals surface area contributed by atoms with Gasteiger partial charge in [0.1, 0.15) is 18.3 Å². The summed E-state index contributed by atoms with van der Waals surface area (Å²) in [6.45, 7) is 3.69. The first kappa shape index (κ1) is 34.5. The fraction of sp³-hybridized carbons (Fsp3) is 0.278. The maximum atomic E-state index is 14.6. The molecule has 0 bridgehead atoms. The predicted molar refractivity (Wildman–Crippen MR) is 183 cm³/mol. The largest absolute Gasteiger partial charge is 0.497 e. The number of nitrogens with zero attached hydrogens (tertiary/aromatic N) is 2. The second-order valence-electron chi connectivity index (χ2n) is 10.9. The Morgan fingerprint density at radius 1 is 0.891 bits per heavy atom. The summed E-state index contributed by atoms with van der Waals surface area (Å²) in [6, 6.07) is 28.7. The Bertz CT molecular complexity index is 1720. The van der Waals surface area contributed by atoms with Crippen molar-refractivity contribution in [2.24, 2.45) is 0 Å². The molecule has 46 heavy (non-hydrogen) atoms. The van der Waals surface area contributed by atoms with Crippen molar-refractivity contribution in [1.29, 1.82) is 0 Å². The van der Waals surface area contributed by atoms with Gasteiger partial charge in [0.15, 0.2) is 0 Å². The monoisotopic (exact) mass is 661 g/mol. The molecular formula is C36H40ClN3O5S. The van der Waals surface area contributed by atoms with Crippen molar-refractivity contribution in [3.05, 3.63) is 125 Å². The van der Waals surface area contributed by atoms with Crippen LogP contribution < -0.4 is 14.4 Å². The lowest BCUT2D eigenvalue weighted by Crippen LogP contribution is -2.53. The molecule has 0 saturated carbocycles. The van der Waals surface area contributed by atoms with Gasteiger partial charge in [0.25, 0.3) is 10.0 Å². The van der Waals surface area contributed by atoms with Crippen LogP contribution in [0.15, 0.2) is 108 Å². The van der Waals surface area contributed by atoms with Crippen LogP contribution in [0.1, 0.15) is 36.5 Å². The number of carbonyl (C=O) groups is 2. The topological polar surface area (TPSA) is 96.0 Å². The molecule has 1 N–H and O–H groups in total. The van der Waals surface area contributed by atoms with Crippen molar-refractivity contribution in [3.63, 3.8) is 0 Å². The summed E-state index contributed by atoms with van der Waals surface area (Å²) in [7, 11) is -2.66. The summed E-state index contributed by atoms with van der Waals surface area (Å²) in [4.78, 5) is 30.0. The van der Waals surface area contributed by atoms with Gasteiger partial charge in [-0.25, -0.2) is 8.42 Å². The quantitative estimate of drug-likeness (QED) is 0.149. The average Bonchev–Trinajstić information content (AvgIpc) is 3.07. The van der Waals surface area contributed by atoms with Gasteiger partial charge in [-0.15, -0.1) is 0 Å². The summed E-state index contributed by atoms with van der Waals surface area (Å²) in [6.07, 6.45) is 1.91. The Labute approximate surface area is 277 Å². The molecule has 0 aliphatic rings. The van der Waals surface area contributed by atoms with Crippen LogP contribution in [0.2, 0.25) is 5.02 Å². The summed E-state index contributed by atoms with van der Waals surface area (Å²) in [5.41, 5.74) is 2.37. The Balaban J connectivity index is 1.82. The van der Waals surface area contributed by atoms with E-state index in [-0.39, 0.29) is 29.5 Å². The number of carbonyl (C=O) groups excluding carboxylic acids is 2. The molecule has 242 valence electrons. The SMILES string of the molecule is CCCCNC(=O)[C@@H](Cc1ccccc1)N(Cc1cccc(OC)c1)C(=O)CN(c1cccc(Cl)c1C)S(=O)(=O)c1ccccc1. The summed E-state index contributed by atoms with van der Waals surface area (Å²) in [5, 5.41) is 3.36. The van der Waals surface area contributed by atoms with Crippen LogP contribution in [-0.2, 0) is 32.6 Å². The number of methoxy groups -OCH3 is 1. The van der Waals surface area contributed by atoms with Crippen LogP contribution in [0.3, 0.4) is 0 Å². The number of benzene rings is 4. The fourth-order valence-corrected chi connectivity index (χ4v) is 6.79. The summed E-state index contributed by atoms with van der Waals surface area (Å²) in [5.74, 6) is -0.266. The second kappa shape index (κ2) is 16.3. The number of amides is 2. The third-order valence-electron chi connectivity index (χ3n) is 7.71. The number of ether oxygens (including phenoxy) is 1. The molecule has 0 unspecified atom stereocenters. The van der Waals surface area contributed by atoms with Gasteiger partial charge in [0.05, 0.1) is 17.7 Å². The normalized spacial score (nSPS) is 11.8.